The molecule has 2 rings (SSSR count). The minimum Gasteiger partial charge on any atom is -0.398 e. The molecular formula is C11H8BrClFN3O2S. The number of rotatable bonds is 3. The van der Waals surface area contributed by atoms with Crippen LogP contribution < -0.4 is 10.5 Å². The van der Waals surface area contributed by atoms with E-state index in [1.54, 1.807) is 0 Å². The summed E-state index contributed by atoms with van der Waals surface area (Å²) in [6.07, 6.45) is 2.17. The predicted molar refractivity (Wildman–Crippen MR) is 78.6 cm³/mol. The number of pyridine rings is 1. The number of benzene rings is 1. The zero-order valence-corrected chi connectivity index (χ0v) is 12.9. The molecule has 0 unspecified atom stereocenters. The van der Waals surface area contributed by atoms with Gasteiger partial charge in [-0.1, -0.05) is 11.6 Å². The molecule has 0 atom stereocenters. The fourth-order valence-electron chi connectivity index (χ4n) is 1.44. The van der Waals surface area contributed by atoms with Crippen molar-refractivity contribution in [2.45, 2.75) is 4.90 Å². The van der Waals surface area contributed by atoms with E-state index in [0.29, 0.717) is 0 Å². The van der Waals surface area contributed by atoms with Gasteiger partial charge in [-0.2, -0.15) is 0 Å². The number of nitrogens with two attached hydrogens (primary N) is 1. The van der Waals surface area contributed by atoms with Crippen molar-refractivity contribution in [3.05, 3.63) is 45.9 Å². The average Bonchev–Trinajstić information content (AvgIpc) is 2.36. The van der Waals surface area contributed by atoms with Crippen molar-refractivity contribution >= 4 is 48.9 Å². The normalized spacial score (nSPS) is 11.3. The van der Waals surface area contributed by atoms with Crippen LogP contribution in [0.4, 0.5) is 15.8 Å². The second-order valence-corrected chi connectivity index (χ2v) is 6.65. The van der Waals surface area contributed by atoms with Crippen LogP contribution in [-0.4, -0.2) is 13.4 Å². The molecule has 0 amide bonds. The van der Waals surface area contributed by atoms with Gasteiger partial charge in [0, 0.05) is 16.9 Å². The fraction of sp³-hybridized carbons (Fsp3) is 0. The molecule has 9 heteroatoms. The number of anilines is 2. The van der Waals surface area contributed by atoms with Gasteiger partial charge < -0.3 is 5.73 Å². The fourth-order valence-corrected chi connectivity index (χ4v) is 3.80. The Morgan fingerprint density at radius 1 is 1.40 bits per heavy atom. The summed E-state index contributed by atoms with van der Waals surface area (Å²) in [5.41, 5.74) is 5.58. The van der Waals surface area contributed by atoms with Gasteiger partial charge in [0.25, 0.3) is 10.0 Å². The number of halogens is 3. The van der Waals surface area contributed by atoms with Crippen LogP contribution in [0.25, 0.3) is 0 Å². The Hall–Kier alpha value is -1.38. The lowest BCUT2D eigenvalue weighted by Crippen LogP contribution is -2.15. The van der Waals surface area contributed by atoms with Gasteiger partial charge in [0.1, 0.15) is 4.90 Å². The monoisotopic (exact) mass is 379 g/mol. The zero-order valence-electron chi connectivity index (χ0n) is 9.77. The third-order valence-electron chi connectivity index (χ3n) is 2.34. The van der Waals surface area contributed by atoms with Crippen molar-refractivity contribution in [1.29, 1.82) is 0 Å². The van der Waals surface area contributed by atoms with Gasteiger partial charge in [0.05, 0.1) is 16.4 Å². The number of nitrogen functional groups attached to an aromatic ring is 1. The first-order chi connectivity index (χ1) is 9.31. The third kappa shape index (κ3) is 3.02. The number of nitrogens with zero attached hydrogens (tertiary/aromatic N) is 1. The molecule has 0 fully saturated rings. The molecule has 106 valence electrons. The summed E-state index contributed by atoms with van der Waals surface area (Å²) in [7, 11) is -4.04. The van der Waals surface area contributed by atoms with Crippen molar-refractivity contribution < 1.29 is 12.8 Å². The van der Waals surface area contributed by atoms with Gasteiger partial charge >= 0.3 is 0 Å². The summed E-state index contributed by atoms with van der Waals surface area (Å²) >= 11 is 8.86. The Kier molecular flexibility index (Phi) is 4.17. The molecule has 1 heterocycles. The van der Waals surface area contributed by atoms with Crippen molar-refractivity contribution in [3.8, 4) is 0 Å². The molecule has 0 radical (unpaired) electrons. The Morgan fingerprint density at radius 3 is 2.75 bits per heavy atom. The molecule has 20 heavy (non-hydrogen) atoms. The molecular weight excluding hydrogens is 373 g/mol. The van der Waals surface area contributed by atoms with Crippen molar-refractivity contribution in [1.82, 2.24) is 4.98 Å². The summed E-state index contributed by atoms with van der Waals surface area (Å²) in [6, 6.07) is 3.82. The van der Waals surface area contributed by atoms with Gasteiger partial charge in [-0.05, 0) is 34.1 Å². The number of hydrogen-bond donors (Lipinski definition) is 2. The van der Waals surface area contributed by atoms with Crippen molar-refractivity contribution in [3.63, 3.8) is 0 Å². The summed E-state index contributed by atoms with van der Waals surface area (Å²) in [5, 5.41) is 0.154. The van der Waals surface area contributed by atoms with Crippen LogP contribution in [0.3, 0.4) is 0 Å². The largest absolute Gasteiger partial charge is 0.398 e. The molecule has 5 nitrogen and oxygen atoms in total. The Balaban J connectivity index is 2.49. The highest BCUT2D eigenvalue weighted by atomic mass is 79.9. The first kappa shape index (κ1) is 15.0. The van der Waals surface area contributed by atoms with E-state index in [9.17, 15) is 12.8 Å². The van der Waals surface area contributed by atoms with Crippen LogP contribution in [0.1, 0.15) is 0 Å². The molecule has 1 aromatic heterocycles. The van der Waals surface area contributed by atoms with Crippen LogP contribution in [0.2, 0.25) is 5.02 Å². The van der Waals surface area contributed by atoms with Crippen LogP contribution in [0, 0.1) is 5.82 Å². The maximum atomic E-state index is 13.4. The quantitative estimate of drug-likeness (QED) is 0.802. The summed E-state index contributed by atoms with van der Waals surface area (Å²) < 4.78 is 40.2. The van der Waals surface area contributed by atoms with E-state index in [-0.39, 0.29) is 25.8 Å². The molecule has 0 spiro atoms. The molecule has 0 aliphatic carbocycles. The molecule has 0 saturated heterocycles. The topological polar surface area (TPSA) is 85.1 Å². The second-order valence-electron chi connectivity index (χ2n) is 3.77. The number of nitrogens with one attached hydrogen (secondary N) is 1. The minimum atomic E-state index is -4.04. The van der Waals surface area contributed by atoms with Crippen LogP contribution in [-0.2, 0) is 10.0 Å². The van der Waals surface area contributed by atoms with Gasteiger partial charge in [0.15, 0.2) is 5.82 Å². The van der Waals surface area contributed by atoms with Gasteiger partial charge in [-0.3, -0.25) is 9.71 Å². The average molecular weight is 381 g/mol. The lowest BCUT2D eigenvalue weighted by Gasteiger charge is -2.11. The van der Waals surface area contributed by atoms with E-state index in [4.69, 9.17) is 17.3 Å². The van der Waals surface area contributed by atoms with E-state index in [2.05, 4.69) is 25.6 Å². The molecule has 0 aliphatic rings. The highest BCUT2D eigenvalue weighted by Gasteiger charge is 2.21. The molecule has 2 aromatic rings. The lowest BCUT2D eigenvalue weighted by atomic mass is 10.3. The predicted octanol–water partition coefficient (Wildman–Crippen LogP) is 3.02. The highest BCUT2D eigenvalue weighted by molar-refractivity contribution is 9.10. The van der Waals surface area contributed by atoms with E-state index < -0.39 is 15.8 Å². The first-order valence-electron chi connectivity index (χ1n) is 5.18. The first-order valence-corrected chi connectivity index (χ1v) is 7.83. The smallest absolute Gasteiger partial charge is 0.263 e. The molecule has 0 bridgehead atoms. The summed E-state index contributed by atoms with van der Waals surface area (Å²) in [4.78, 5) is 3.35. The van der Waals surface area contributed by atoms with E-state index in [1.165, 1.54) is 24.4 Å². The number of aromatic nitrogens is 1. The zero-order chi connectivity index (χ0) is 14.9. The van der Waals surface area contributed by atoms with Crippen LogP contribution >= 0.6 is 27.5 Å². The Morgan fingerprint density at radius 2 is 2.10 bits per heavy atom. The molecule has 1 aromatic carbocycles. The van der Waals surface area contributed by atoms with Gasteiger partial charge in [-0.15, -0.1) is 0 Å². The standard InChI is InChI=1S/C11H8BrClFN3O2S/c12-11-8(15)3-6(13)4-10(11)20(18,19)17-9-1-2-16-5-7(9)14/h1-5H,15H2,(H,16,17). The highest BCUT2D eigenvalue weighted by Crippen LogP contribution is 2.32. The van der Waals surface area contributed by atoms with Gasteiger partial charge in [0.2, 0.25) is 0 Å². The van der Waals surface area contributed by atoms with Crippen molar-refractivity contribution in [2.24, 2.45) is 0 Å². The maximum absolute atomic E-state index is 13.4. The van der Waals surface area contributed by atoms with E-state index in [1.807, 2.05) is 0 Å². The van der Waals surface area contributed by atoms with Crippen LogP contribution in [0.15, 0.2) is 40.0 Å². The van der Waals surface area contributed by atoms with Crippen molar-refractivity contribution in [2.75, 3.05) is 10.5 Å². The van der Waals surface area contributed by atoms with E-state index >= 15 is 0 Å². The summed E-state index contributed by atoms with van der Waals surface area (Å²) in [6.45, 7) is 0. The summed E-state index contributed by atoms with van der Waals surface area (Å²) in [5.74, 6) is -0.790. The molecule has 3 N–H and O–H groups in total. The molecule has 0 aliphatic heterocycles. The maximum Gasteiger partial charge on any atom is 0.263 e. The Bertz CT molecular complexity index is 770. The van der Waals surface area contributed by atoms with Crippen LogP contribution in [0.5, 0.6) is 0 Å². The van der Waals surface area contributed by atoms with E-state index in [0.717, 1.165) is 6.20 Å². The minimum absolute atomic E-state index is 0.154. The number of sulfonamides is 1. The Labute approximate surface area is 128 Å². The number of hydrogen-bond acceptors (Lipinski definition) is 4. The second kappa shape index (κ2) is 5.55. The lowest BCUT2D eigenvalue weighted by molar-refractivity contribution is 0.597. The SMILES string of the molecule is Nc1cc(Cl)cc(S(=O)(=O)Nc2ccncc2F)c1Br. The molecule has 0 saturated carbocycles. The third-order valence-corrected chi connectivity index (χ3v) is 5.09. The van der Waals surface area contributed by atoms with Gasteiger partial charge in [-0.25, -0.2) is 12.8 Å².